The lowest BCUT2D eigenvalue weighted by Crippen LogP contribution is -2.37. The molecule has 19 heavy (non-hydrogen) atoms. The van der Waals surface area contributed by atoms with E-state index in [0.717, 1.165) is 43.0 Å². The average Bonchev–Trinajstić information content (AvgIpc) is 2.46. The number of pyridine rings is 1. The summed E-state index contributed by atoms with van der Waals surface area (Å²) >= 11 is 0. The Bertz CT molecular complexity index is 421. The summed E-state index contributed by atoms with van der Waals surface area (Å²) in [5.74, 6) is 1.63. The van der Waals surface area contributed by atoms with Gasteiger partial charge in [0.15, 0.2) is 0 Å². The first-order valence-corrected chi connectivity index (χ1v) is 7.11. The summed E-state index contributed by atoms with van der Waals surface area (Å²) in [7, 11) is 0. The third-order valence-corrected chi connectivity index (χ3v) is 3.77. The van der Waals surface area contributed by atoms with E-state index in [9.17, 15) is 10.2 Å². The van der Waals surface area contributed by atoms with Crippen LogP contribution in [0.3, 0.4) is 0 Å². The molecule has 0 aromatic carbocycles. The maximum absolute atomic E-state index is 9.38. The number of piperidine rings is 1. The Hall–Kier alpha value is -1.13. The Labute approximate surface area is 115 Å². The lowest BCUT2D eigenvalue weighted by Gasteiger charge is -2.33. The van der Waals surface area contributed by atoms with Crippen LogP contribution < -0.4 is 4.90 Å². The Morgan fingerprint density at radius 2 is 2.16 bits per heavy atom. The quantitative estimate of drug-likeness (QED) is 0.872. The molecule has 4 heteroatoms. The number of rotatable bonds is 4. The summed E-state index contributed by atoms with van der Waals surface area (Å²) < 4.78 is 0. The standard InChI is InChI=1S/C15H24N2O2/c1-11(2)14-6-13(10-19)7-15(16-14)17-5-3-4-12(8-17)9-18/h6-7,11-12,18-19H,3-5,8-10H2,1-2H3. The van der Waals surface area contributed by atoms with Crippen LogP contribution in [0.5, 0.6) is 0 Å². The first kappa shape index (κ1) is 14.3. The van der Waals surface area contributed by atoms with E-state index in [1.54, 1.807) is 0 Å². The van der Waals surface area contributed by atoms with E-state index in [4.69, 9.17) is 4.98 Å². The van der Waals surface area contributed by atoms with Crippen molar-refractivity contribution >= 4 is 5.82 Å². The highest BCUT2D eigenvalue weighted by Crippen LogP contribution is 2.25. The first-order valence-electron chi connectivity index (χ1n) is 7.11. The molecule has 106 valence electrons. The summed E-state index contributed by atoms with van der Waals surface area (Å²) in [4.78, 5) is 6.94. The zero-order chi connectivity index (χ0) is 13.8. The van der Waals surface area contributed by atoms with Gasteiger partial charge in [0.2, 0.25) is 0 Å². The lowest BCUT2D eigenvalue weighted by molar-refractivity contribution is 0.208. The molecule has 1 atom stereocenters. The van der Waals surface area contributed by atoms with Gasteiger partial charge in [0.1, 0.15) is 5.82 Å². The normalized spacial score (nSPS) is 20.1. The van der Waals surface area contributed by atoms with Gasteiger partial charge < -0.3 is 15.1 Å². The number of aliphatic hydroxyl groups excluding tert-OH is 2. The Morgan fingerprint density at radius 3 is 2.79 bits per heavy atom. The maximum Gasteiger partial charge on any atom is 0.129 e. The average molecular weight is 264 g/mol. The number of hydrogen-bond donors (Lipinski definition) is 2. The highest BCUT2D eigenvalue weighted by Gasteiger charge is 2.21. The van der Waals surface area contributed by atoms with Gasteiger partial charge in [-0.2, -0.15) is 0 Å². The minimum atomic E-state index is 0.0481. The molecule has 2 heterocycles. The van der Waals surface area contributed by atoms with Crippen molar-refractivity contribution in [1.82, 2.24) is 4.98 Å². The topological polar surface area (TPSA) is 56.6 Å². The summed E-state index contributed by atoms with van der Waals surface area (Å²) in [6, 6.07) is 3.94. The number of hydrogen-bond acceptors (Lipinski definition) is 4. The molecule has 0 radical (unpaired) electrons. The second-order valence-electron chi connectivity index (χ2n) is 5.71. The van der Waals surface area contributed by atoms with Crippen LogP contribution in [0, 0.1) is 5.92 Å². The van der Waals surface area contributed by atoms with E-state index in [2.05, 4.69) is 18.7 Å². The Kier molecular flexibility index (Phi) is 4.77. The van der Waals surface area contributed by atoms with Crippen LogP contribution in [0.15, 0.2) is 12.1 Å². The van der Waals surface area contributed by atoms with Gasteiger partial charge in [-0.15, -0.1) is 0 Å². The van der Waals surface area contributed by atoms with Crippen LogP contribution in [0.25, 0.3) is 0 Å². The molecule has 1 fully saturated rings. The molecule has 0 spiro atoms. The molecule has 0 amide bonds. The predicted molar refractivity (Wildman–Crippen MR) is 76.3 cm³/mol. The minimum absolute atomic E-state index is 0.0481. The molecule has 1 unspecified atom stereocenters. The fraction of sp³-hybridized carbons (Fsp3) is 0.667. The molecule has 1 aliphatic heterocycles. The van der Waals surface area contributed by atoms with Gasteiger partial charge in [-0.05, 0) is 42.4 Å². The number of aromatic nitrogens is 1. The van der Waals surface area contributed by atoms with Crippen molar-refractivity contribution in [2.45, 2.75) is 39.2 Å². The zero-order valence-electron chi connectivity index (χ0n) is 11.8. The van der Waals surface area contributed by atoms with Crippen LogP contribution in [-0.2, 0) is 6.61 Å². The molecule has 4 nitrogen and oxygen atoms in total. The monoisotopic (exact) mass is 264 g/mol. The zero-order valence-corrected chi connectivity index (χ0v) is 11.8. The number of anilines is 1. The molecule has 0 saturated carbocycles. The highest BCUT2D eigenvalue weighted by atomic mass is 16.3. The number of nitrogens with zero attached hydrogens (tertiary/aromatic N) is 2. The fourth-order valence-electron chi connectivity index (χ4n) is 2.57. The van der Waals surface area contributed by atoms with Crippen LogP contribution in [-0.4, -0.2) is 34.9 Å². The van der Waals surface area contributed by atoms with Crippen LogP contribution in [0.2, 0.25) is 0 Å². The van der Waals surface area contributed by atoms with Gasteiger partial charge in [0.25, 0.3) is 0 Å². The van der Waals surface area contributed by atoms with Crippen molar-refractivity contribution in [2.24, 2.45) is 5.92 Å². The van der Waals surface area contributed by atoms with Gasteiger partial charge in [0, 0.05) is 25.4 Å². The maximum atomic E-state index is 9.38. The van der Waals surface area contributed by atoms with E-state index >= 15 is 0 Å². The molecule has 1 saturated heterocycles. The molecule has 0 aliphatic carbocycles. The van der Waals surface area contributed by atoms with Gasteiger partial charge in [-0.3, -0.25) is 0 Å². The number of aliphatic hydroxyl groups is 2. The van der Waals surface area contributed by atoms with Crippen LogP contribution in [0.4, 0.5) is 5.82 Å². The van der Waals surface area contributed by atoms with E-state index < -0.39 is 0 Å². The van der Waals surface area contributed by atoms with Crippen LogP contribution in [0.1, 0.15) is 43.9 Å². The molecular weight excluding hydrogens is 240 g/mol. The largest absolute Gasteiger partial charge is 0.396 e. The van der Waals surface area contributed by atoms with Crippen molar-refractivity contribution in [1.29, 1.82) is 0 Å². The van der Waals surface area contributed by atoms with E-state index in [1.165, 1.54) is 0 Å². The van der Waals surface area contributed by atoms with E-state index in [1.807, 2.05) is 12.1 Å². The molecule has 2 N–H and O–H groups in total. The smallest absolute Gasteiger partial charge is 0.129 e. The van der Waals surface area contributed by atoms with Crippen molar-refractivity contribution in [2.75, 3.05) is 24.6 Å². The summed E-state index contributed by atoms with van der Waals surface area (Å²) in [6.45, 7) is 6.35. The molecule has 1 aromatic heterocycles. The van der Waals surface area contributed by atoms with E-state index in [-0.39, 0.29) is 13.2 Å². The third-order valence-electron chi connectivity index (χ3n) is 3.77. The minimum Gasteiger partial charge on any atom is -0.396 e. The van der Waals surface area contributed by atoms with E-state index in [0.29, 0.717) is 11.8 Å². The molecule has 1 aromatic rings. The Balaban J connectivity index is 2.25. The van der Waals surface area contributed by atoms with Crippen LogP contribution >= 0.6 is 0 Å². The fourth-order valence-corrected chi connectivity index (χ4v) is 2.57. The second kappa shape index (κ2) is 6.35. The van der Waals surface area contributed by atoms with Gasteiger partial charge in [-0.1, -0.05) is 13.8 Å². The SMILES string of the molecule is CC(C)c1cc(CO)cc(N2CCCC(CO)C2)n1. The molecule has 0 bridgehead atoms. The Morgan fingerprint density at radius 1 is 1.37 bits per heavy atom. The molecule has 1 aliphatic rings. The van der Waals surface area contributed by atoms with Crippen molar-refractivity contribution < 1.29 is 10.2 Å². The molecule has 2 rings (SSSR count). The van der Waals surface area contributed by atoms with Crippen molar-refractivity contribution in [3.8, 4) is 0 Å². The van der Waals surface area contributed by atoms with Gasteiger partial charge >= 0.3 is 0 Å². The molecular formula is C15H24N2O2. The third kappa shape index (κ3) is 3.45. The lowest BCUT2D eigenvalue weighted by atomic mass is 9.99. The van der Waals surface area contributed by atoms with Crippen molar-refractivity contribution in [3.05, 3.63) is 23.4 Å². The summed E-state index contributed by atoms with van der Waals surface area (Å²) in [6.07, 6.45) is 2.18. The summed E-state index contributed by atoms with van der Waals surface area (Å²) in [5.41, 5.74) is 1.94. The van der Waals surface area contributed by atoms with Crippen molar-refractivity contribution in [3.63, 3.8) is 0 Å². The first-order chi connectivity index (χ1) is 9.13. The second-order valence-corrected chi connectivity index (χ2v) is 5.71. The highest BCUT2D eigenvalue weighted by molar-refractivity contribution is 5.43. The van der Waals surface area contributed by atoms with Gasteiger partial charge in [0.05, 0.1) is 6.61 Å². The summed E-state index contributed by atoms with van der Waals surface area (Å²) in [5, 5.41) is 18.7. The predicted octanol–water partition coefficient (Wildman–Crippen LogP) is 1.91. The van der Waals surface area contributed by atoms with Gasteiger partial charge in [-0.25, -0.2) is 4.98 Å².